The van der Waals surface area contributed by atoms with Gasteiger partial charge in [-0.15, -0.1) is 0 Å². The lowest BCUT2D eigenvalue weighted by molar-refractivity contribution is -0.128. The van der Waals surface area contributed by atoms with Crippen molar-refractivity contribution in [1.29, 1.82) is 0 Å². The first-order valence-electron chi connectivity index (χ1n) is 11.4. The Morgan fingerprint density at radius 3 is 2.74 bits per heavy atom. The summed E-state index contributed by atoms with van der Waals surface area (Å²) < 4.78 is 16.0. The van der Waals surface area contributed by atoms with Gasteiger partial charge in [-0.2, -0.15) is 0 Å². The summed E-state index contributed by atoms with van der Waals surface area (Å²) in [4.78, 5) is 24.9. The highest BCUT2D eigenvalue weighted by atomic mass is 35.5. The Labute approximate surface area is 207 Å². The number of aromatic hydroxyl groups is 1. The van der Waals surface area contributed by atoms with Crippen LogP contribution in [-0.4, -0.2) is 51.6 Å². The number of nitrogens with zero attached hydrogens (tertiary/aromatic N) is 4. The van der Waals surface area contributed by atoms with Crippen LogP contribution < -0.4 is 4.90 Å². The van der Waals surface area contributed by atoms with Gasteiger partial charge in [0.15, 0.2) is 5.82 Å². The summed E-state index contributed by atoms with van der Waals surface area (Å²) in [7, 11) is 0. The molecule has 1 atom stereocenters. The van der Waals surface area contributed by atoms with Gasteiger partial charge in [0.25, 0.3) is 0 Å². The van der Waals surface area contributed by atoms with Crippen LogP contribution in [0.1, 0.15) is 13.8 Å². The average molecular weight is 491 g/mol. The molecular formula is C27H24ClFN4O2. The number of piperazine rings is 1. The molecule has 6 nitrogen and oxygen atoms in total. The van der Waals surface area contributed by atoms with E-state index in [1.165, 1.54) is 12.4 Å². The van der Waals surface area contributed by atoms with Crippen molar-refractivity contribution in [1.82, 2.24) is 14.9 Å². The summed E-state index contributed by atoms with van der Waals surface area (Å²) in [5.74, 6) is 0.0104. The van der Waals surface area contributed by atoms with E-state index >= 15 is 4.39 Å². The Bertz CT molecular complexity index is 1490. The van der Waals surface area contributed by atoms with E-state index in [4.69, 9.17) is 11.6 Å². The Kier molecular flexibility index (Phi) is 6.03. The first-order valence-corrected chi connectivity index (χ1v) is 11.8. The van der Waals surface area contributed by atoms with E-state index in [1.54, 1.807) is 24.3 Å². The van der Waals surface area contributed by atoms with Crippen LogP contribution in [0, 0.1) is 5.82 Å². The van der Waals surface area contributed by atoms with Crippen molar-refractivity contribution >= 4 is 45.0 Å². The van der Waals surface area contributed by atoms with Crippen LogP contribution in [0.5, 0.6) is 5.75 Å². The summed E-state index contributed by atoms with van der Waals surface area (Å²) in [5.41, 5.74) is 0.836. The lowest BCUT2D eigenvalue weighted by Gasteiger charge is -2.40. The fraction of sp³-hybridized carbons (Fsp3) is 0.222. The molecule has 35 heavy (non-hydrogen) atoms. The van der Waals surface area contributed by atoms with Gasteiger partial charge in [-0.3, -0.25) is 4.79 Å². The zero-order chi connectivity index (χ0) is 24.7. The topological polar surface area (TPSA) is 69.6 Å². The number of fused-ring (bicyclic) bond motifs is 2. The number of rotatable bonds is 3. The molecule has 1 unspecified atom stereocenters. The molecule has 178 valence electrons. The molecule has 0 aliphatic carbocycles. The molecule has 5 rings (SSSR count). The van der Waals surface area contributed by atoms with Crippen molar-refractivity contribution < 1.29 is 14.3 Å². The fourth-order valence-corrected chi connectivity index (χ4v) is 5.13. The summed E-state index contributed by atoms with van der Waals surface area (Å²) >= 11 is 6.68. The highest BCUT2D eigenvalue weighted by Gasteiger charge is 2.29. The van der Waals surface area contributed by atoms with Crippen LogP contribution in [0.2, 0.25) is 5.02 Å². The van der Waals surface area contributed by atoms with Gasteiger partial charge >= 0.3 is 0 Å². The Morgan fingerprint density at radius 2 is 1.97 bits per heavy atom. The van der Waals surface area contributed by atoms with E-state index in [0.717, 1.165) is 10.8 Å². The number of anilines is 1. The van der Waals surface area contributed by atoms with Crippen LogP contribution in [0.25, 0.3) is 32.8 Å². The highest BCUT2D eigenvalue weighted by molar-refractivity contribution is 6.35. The minimum absolute atomic E-state index is 0.0238. The van der Waals surface area contributed by atoms with Gasteiger partial charge in [0, 0.05) is 36.6 Å². The first-order chi connectivity index (χ1) is 16.9. The third kappa shape index (κ3) is 4.06. The van der Waals surface area contributed by atoms with E-state index in [0.29, 0.717) is 36.4 Å². The standard InChI is InChI=1S/C27H24ClFN4O2/c1-3-6-23(35)33-10-9-32(14-16(33)2)27-21-13-22(28)24(25(29)26(21)30-15-31-27)20-12-18(34)11-17-7-4-5-8-19(17)20/h3-8,11-13,15-16,34H,9-10,14H2,1-2H3. The third-order valence-electron chi connectivity index (χ3n) is 6.44. The van der Waals surface area contributed by atoms with Gasteiger partial charge < -0.3 is 14.9 Å². The molecule has 3 aromatic carbocycles. The largest absolute Gasteiger partial charge is 0.508 e. The van der Waals surface area contributed by atoms with Gasteiger partial charge in [-0.1, -0.05) is 41.9 Å². The van der Waals surface area contributed by atoms with Crippen LogP contribution >= 0.6 is 11.6 Å². The normalized spacial score (nSPS) is 16.5. The Balaban J connectivity index is 1.60. The SMILES string of the molecule is CC=CC(=O)N1CCN(c2ncnc3c(F)c(-c4cc(O)cc5ccccc45)c(Cl)cc23)CC1C. The third-order valence-corrected chi connectivity index (χ3v) is 6.73. The number of amides is 1. The van der Waals surface area contributed by atoms with Crippen molar-refractivity contribution in [3.8, 4) is 16.9 Å². The second-order valence-electron chi connectivity index (χ2n) is 8.68. The van der Waals surface area contributed by atoms with Crippen molar-refractivity contribution in [2.45, 2.75) is 19.9 Å². The first kappa shape index (κ1) is 23.1. The lowest BCUT2D eigenvalue weighted by Crippen LogP contribution is -2.54. The Morgan fingerprint density at radius 1 is 1.17 bits per heavy atom. The molecule has 1 fully saturated rings. The van der Waals surface area contributed by atoms with Crippen LogP contribution in [-0.2, 0) is 4.79 Å². The van der Waals surface area contributed by atoms with Crippen LogP contribution in [0.15, 0.2) is 60.9 Å². The highest BCUT2D eigenvalue weighted by Crippen LogP contribution is 2.41. The number of hydrogen-bond donors (Lipinski definition) is 1. The van der Waals surface area contributed by atoms with Crippen LogP contribution in [0.3, 0.4) is 0 Å². The number of carbonyl (C=O) groups is 1. The predicted octanol–water partition coefficient (Wildman–Crippen LogP) is 5.56. The molecule has 1 aromatic heterocycles. The van der Waals surface area contributed by atoms with Crippen molar-refractivity contribution in [3.63, 3.8) is 0 Å². The van der Waals surface area contributed by atoms with Gasteiger partial charge in [0.05, 0.1) is 5.02 Å². The molecule has 4 aromatic rings. The maximum absolute atomic E-state index is 16.0. The summed E-state index contributed by atoms with van der Waals surface area (Å²) in [6, 6.07) is 12.2. The van der Waals surface area contributed by atoms with Crippen LogP contribution in [0.4, 0.5) is 10.2 Å². The van der Waals surface area contributed by atoms with Gasteiger partial charge in [0.2, 0.25) is 5.91 Å². The number of phenols is 1. The molecule has 0 saturated carbocycles. The molecule has 1 aliphatic rings. The molecule has 1 amide bonds. The molecule has 8 heteroatoms. The van der Waals surface area contributed by atoms with Gasteiger partial charge in [-0.25, -0.2) is 14.4 Å². The number of benzene rings is 3. The van der Waals surface area contributed by atoms with Gasteiger partial charge in [0.1, 0.15) is 23.4 Å². The molecule has 2 heterocycles. The molecule has 0 radical (unpaired) electrons. The van der Waals surface area contributed by atoms with E-state index in [-0.39, 0.29) is 33.8 Å². The number of aromatic nitrogens is 2. The number of phenolic OH excluding ortho intramolecular Hbond substituents is 1. The van der Waals surface area contributed by atoms with Crippen molar-refractivity contribution in [2.24, 2.45) is 0 Å². The van der Waals surface area contributed by atoms with Crippen molar-refractivity contribution in [2.75, 3.05) is 24.5 Å². The maximum Gasteiger partial charge on any atom is 0.246 e. The lowest BCUT2D eigenvalue weighted by atomic mass is 9.96. The number of carbonyl (C=O) groups excluding carboxylic acids is 1. The van der Waals surface area contributed by atoms with E-state index in [1.807, 2.05) is 47.9 Å². The summed E-state index contributed by atoms with van der Waals surface area (Å²) in [5, 5.41) is 12.5. The molecule has 1 saturated heterocycles. The zero-order valence-electron chi connectivity index (χ0n) is 19.4. The molecule has 0 bridgehead atoms. The van der Waals surface area contributed by atoms with E-state index < -0.39 is 5.82 Å². The van der Waals surface area contributed by atoms with E-state index in [2.05, 4.69) is 9.97 Å². The summed E-state index contributed by atoms with van der Waals surface area (Å²) in [6.07, 6.45) is 4.65. The number of allylic oxidation sites excluding steroid dienone is 1. The maximum atomic E-state index is 16.0. The van der Waals surface area contributed by atoms with E-state index in [9.17, 15) is 9.90 Å². The average Bonchev–Trinajstić information content (AvgIpc) is 2.83. The number of hydrogen-bond acceptors (Lipinski definition) is 5. The quantitative estimate of drug-likeness (QED) is 0.381. The number of halogens is 2. The summed E-state index contributed by atoms with van der Waals surface area (Å²) in [6.45, 7) is 5.43. The minimum Gasteiger partial charge on any atom is -0.508 e. The smallest absolute Gasteiger partial charge is 0.246 e. The molecular weight excluding hydrogens is 467 g/mol. The minimum atomic E-state index is -0.568. The second kappa shape index (κ2) is 9.15. The second-order valence-corrected chi connectivity index (χ2v) is 9.09. The Hall–Kier alpha value is -3.71. The monoisotopic (exact) mass is 490 g/mol. The van der Waals surface area contributed by atoms with Crippen molar-refractivity contribution in [3.05, 3.63) is 71.8 Å². The molecule has 0 spiro atoms. The van der Waals surface area contributed by atoms with Gasteiger partial charge in [-0.05, 0) is 54.5 Å². The predicted molar refractivity (Wildman–Crippen MR) is 137 cm³/mol. The molecule has 1 N–H and O–H groups in total. The zero-order valence-corrected chi connectivity index (χ0v) is 20.1. The molecule has 1 aliphatic heterocycles. The fourth-order valence-electron chi connectivity index (χ4n) is 4.83.